The zero-order valence-corrected chi connectivity index (χ0v) is 9.99. The van der Waals surface area contributed by atoms with Crippen molar-refractivity contribution < 1.29 is 19.7 Å². The van der Waals surface area contributed by atoms with Gasteiger partial charge in [0.15, 0.2) is 5.82 Å². The molecule has 0 radical (unpaired) electrons. The quantitative estimate of drug-likeness (QED) is 0.636. The number of aliphatic hydroxyl groups is 2. The molecule has 2 atom stereocenters. The van der Waals surface area contributed by atoms with Gasteiger partial charge in [-0.2, -0.15) is 4.68 Å². The third kappa shape index (κ3) is 2.77. The van der Waals surface area contributed by atoms with E-state index in [2.05, 4.69) is 15.5 Å². The Bertz CT molecular complexity index is 392. The first-order valence-electron chi connectivity index (χ1n) is 5.25. The van der Waals surface area contributed by atoms with E-state index in [-0.39, 0.29) is 18.9 Å². The Balaban J connectivity index is 3.10. The minimum absolute atomic E-state index is 0.113. The Hall–Kier alpha value is -1.54. The van der Waals surface area contributed by atoms with Crippen molar-refractivity contribution in [3.8, 4) is 0 Å². The number of ether oxygens (including phenoxy) is 1. The first kappa shape index (κ1) is 13.5. The predicted molar refractivity (Wildman–Crippen MR) is 55.7 cm³/mol. The largest absolute Gasteiger partial charge is 0.462 e. The standard InChI is InChI=1S/C9H16N4O4/c1-4-17-8(15)9(16,5-6(2)14)13-7(3)10-11-12-13/h6,14,16H,4-5H2,1-3H3. The van der Waals surface area contributed by atoms with Crippen LogP contribution >= 0.6 is 0 Å². The maximum Gasteiger partial charge on any atom is 0.361 e. The van der Waals surface area contributed by atoms with Crippen LogP contribution < -0.4 is 0 Å². The van der Waals surface area contributed by atoms with E-state index in [9.17, 15) is 15.0 Å². The Morgan fingerprint density at radius 1 is 1.65 bits per heavy atom. The van der Waals surface area contributed by atoms with Crippen LogP contribution in [0.4, 0.5) is 0 Å². The maximum atomic E-state index is 11.8. The second-order valence-electron chi connectivity index (χ2n) is 3.73. The van der Waals surface area contributed by atoms with Crippen LogP contribution in [0.25, 0.3) is 0 Å². The fourth-order valence-electron chi connectivity index (χ4n) is 1.49. The summed E-state index contributed by atoms with van der Waals surface area (Å²) in [5.74, 6) is -0.641. The number of carbonyl (C=O) groups is 1. The smallest absolute Gasteiger partial charge is 0.361 e. The predicted octanol–water partition coefficient (Wildman–Crippen LogP) is -1.04. The normalized spacial score (nSPS) is 16.3. The van der Waals surface area contributed by atoms with Crippen molar-refractivity contribution in [3.63, 3.8) is 0 Å². The second kappa shape index (κ2) is 5.19. The molecule has 0 aliphatic heterocycles. The number of hydrogen-bond acceptors (Lipinski definition) is 7. The molecule has 2 unspecified atom stereocenters. The molecule has 17 heavy (non-hydrogen) atoms. The van der Waals surface area contributed by atoms with Crippen molar-refractivity contribution in [2.24, 2.45) is 0 Å². The molecule has 0 aromatic carbocycles. The number of hydrogen-bond donors (Lipinski definition) is 2. The summed E-state index contributed by atoms with van der Waals surface area (Å²) < 4.78 is 5.71. The molecular weight excluding hydrogens is 228 g/mol. The second-order valence-corrected chi connectivity index (χ2v) is 3.73. The summed E-state index contributed by atoms with van der Waals surface area (Å²) in [6, 6.07) is 0. The SMILES string of the molecule is CCOC(=O)C(O)(CC(C)O)n1nnnc1C. The molecular formula is C9H16N4O4. The summed E-state index contributed by atoms with van der Waals surface area (Å²) in [5.41, 5.74) is -2.09. The van der Waals surface area contributed by atoms with Crippen molar-refractivity contribution in [1.29, 1.82) is 0 Å². The zero-order chi connectivity index (χ0) is 13.1. The van der Waals surface area contributed by atoms with E-state index in [1.807, 2.05) is 0 Å². The van der Waals surface area contributed by atoms with Gasteiger partial charge in [0.2, 0.25) is 0 Å². The number of nitrogens with zero attached hydrogens (tertiary/aromatic N) is 4. The topological polar surface area (TPSA) is 110 Å². The maximum absolute atomic E-state index is 11.8. The highest BCUT2D eigenvalue weighted by atomic mass is 16.6. The van der Waals surface area contributed by atoms with Crippen LogP contribution in [0.1, 0.15) is 26.1 Å². The van der Waals surface area contributed by atoms with Gasteiger partial charge in [-0.15, -0.1) is 5.10 Å². The minimum atomic E-state index is -2.09. The summed E-state index contributed by atoms with van der Waals surface area (Å²) in [4.78, 5) is 11.8. The Labute approximate surface area is 98.2 Å². The van der Waals surface area contributed by atoms with Gasteiger partial charge in [0.1, 0.15) is 0 Å². The first-order chi connectivity index (χ1) is 7.91. The lowest BCUT2D eigenvalue weighted by molar-refractivity contribution is -0.184. The van der Waals surface area contributed by atoms with Crippen LogP contribution in [-0.2, 0) is 15.3 Å². The number of carbonyl (C=O) groups excluding carboxylic acids is 1. The summed E-state index contributed by atoms with van der Waals surface area (Å²) in [6.07, 6.45) is -1.16. The van der Waals surface area contributed by atoms with Gasteiger partial charge in [-0.05, 0) is 31.2 Å². The van der Waals surface area contributed by atoms with Gasteiger partial charge in [0.05, 0.1) is 12.7 Å². The van der Waals surface area contributed by atoms with Crippen LogP contribution in [0.15, 0.2) is 0 Å². The molecule has 0 bridgehead atoms. The van der Waals surface area contributed by atoms with Crippen molar-refractivity contribution >= 4 is 5.97 Å². The van der Waals surface area contributed by atoms with E-state index < -0.39 is 17.8 Å². The summed E-state index contributed by atoms with van der Waals surface area (Å²) in [7, 11) is 0. The molecule has 0 aliphatic carbocycles. The molecule has 1 rings (SSSR count). The van der Waals surface area contributed by atoms with Gasteiger partial charge < -0.3 is 14.9 Å². The average Bonchev–Trinajstić information content (AvgIpc) is 2.64. The highest BCUT2D eigenvalue weighted by Crippen LogP contribution is 2.21. The van der Waals surface area contributed by atoms with Gasteiger partial charge in [-0.1, -0.05) is 0 Å². The van der Waals surface area contributed by atoms with Gasteiger partial charge in [-0.3, -0.25) is 0 Å². The Morgan fingerprint density at radius 3 is 2.71 bits per heavy atom. The molecule has 0 amide bonds. The molecule has 2 N–H and O–H groups in total. The monoisotopic (exact) mass is 244 g/mol. The molecule has 0 aliphatic rings. The van der Waals surface area contributed by atoms with Crippen molar-refractivity contribution in [2.45, 2.75) is 39.0 Å². The molecule has 1 aromatic heterocycles. The molecule has 0 fully saturated rings. The summed E-state index contributed by atoms with van der Waals surface area (Å²) >= 11 is 0. The van der Waals surface area contributed by atoms with Crippen LogP contribution in [0.5, 0.6) is 0 Å². The number of tetrazole rings is 1. The zero-order valence-electron chi connectivity index (χ0n) is 9.99. The summed E-state index contributed by atoms with van der Waals surface area (Å²) in [5, 5.41) is 30.1. The molecule has 8 nitrogen and oxygen atoms in total. The lowest BCUT2D eigenvalue weighted by Crippen LogP contribution is -2.46. The van der Waals surface area contributed by atoms with E-state index in [0.717, 1.165) is 4.68 Å². The van der Waals surface area contributed by atoms with E-state index in [4.69, 9.17) is 4.74 Å². The van der Waals surface area contributed by atoms with Gasteiger partial charge in [0.25, 0.3) is 5.72 Å². The number of rotatable bonds is 5. The van der Waals surface area contributed by atoms with Crippen LogP contribution in [-0.4, -0.2) is 49.1 Å². The number of aromatic nitrogens is 4. The van der Waals surface area contributed by atoms with Gasteiger partial charge in [0, 0.05) is 6.42 Å². The lowest BCUT2D eigenvalue weighted by atomic mass is 10.1. The van der Waals surface area contributed by atoms with Crippen LogP contribution in [0.2, 0.25) is 0 Å². The average molecular weight is 244 g/mol. The number of aryl methyl sites for hydroxylation is 1. The molecule has 0 spiro atoms. The van der Waals surface area contributed by atoms with Crippen LogP contribution in [0, 0.1) is 6.92 Å². The molecule has 0 saturated heterocycles. The number of esters is 1. The first-order valence-corrected chi connectivity index (χ1v) is 5.25. The fraction of sp³-hybridized carbons (Fsp3) is 0.778. The van der Waals surface area contributed by atoms with E-state index >= 15 is 0 Å². The Morgan fingerprint density at radius 2 is 2.29 bits per heavy atom. The number of aliphatic hydroxyl groups excluding tert-OH is 1. The fourth-order valence-corrected chi connectivity index (χ4v) is 1.49. The molecule has 1 heterocycles. The molecule has 8 heteroatoms. The van der Waals surface area contributed by atoms with E-state index in [1.54, 1.807) is 6.92 Å². The molecule has 1 aromatic rings. The van der Waals surface area contributed by atoms with E-state index in [1.165, 1.54) is 13.8 Å². The highest BCUT2D eigenvalue weighted by molar-refractivity contribution is 5.76. The van der Waals surface area contributed by atoms with Gasteiger partial charge in [-0.25, -0.2) is 4.79 Å². The third-order valence-corrected chi connectivity index (χ3v) is 2.16. The summed E-state index contributed by atoms with van der Waals surface area (Å²) in [6.45, 7) is 4.71. The third-order valence-electron chi connectivity index (χ3n) is 2.16. The van der Waals surface area contributed by atoms with Gasteiger partial charge >= 0.3 is 5.97 Å². The van der Waals surface area contributed by atoms with E-state index in [0.29, 0.717) is 0 Å². The molecule has 0 saturated carbocycles. The minimum Gasteiger partial charge on any atom is -0.462 e. The Kier molecular flexibility index (Phi) is 4.13. The van der Waals surface area contributed by atoms with Crippen molar-refractivity contribution in [2.75, 3.05) is 6.61 Å². The van der Waals surface area contributed by atoms with Crippen LogP contribution in [0.3, 0.4) is 0 Å². The van der Waals surface area contributed by atoms with Crippen molar-refractivity contribution in [3.05, 3.63) is 5.82 Å². The van der Waals surface area contributed by atoms with Crippen molar-refractivity contribution in [1.82, 2.24) is 20.2 Å². The molecule has 96 valence electrons. The highest BCUT2D eigenvalue weighted by Gasteiger charge is 2.43. The lowest BCUT2D eigenvalue weighted by Gasteiger charge is -2.26.